The van der Waals surface area contributed by atoms with Crippen molar-refractivity contribution in [2.45, 2.75) is 24.8 Å². The summed E-state index contributed by atoms with van der Waals surface area (Å²) in [6.45, 7) is 3.68. The van der Waals surface area contributed by atoms with Crippen molar-refractivity contribution in [3.8, 4) is 0 Å². The molecule has 1 aromatic carbocycles. The highest BCUT2D eigenvalue weighted by molar-refractivity contribution is 7.89. The lowest BCUT2D eigenvalue weighted by atomic mass is 10.2. The van der Waals surface area contributed by atoms with Gasteiger partial charge in [-0.05, 0) is 30.0 Å². The third-order valence-corrected chi connectivity index (χ3v) is 5.02. The first-order valence-electron chi connectivity index (χ1n) is 5.83. The Morgan fingerprint density at radius 1 is 1.47 bits per heavy atom. The summed E-state index contributed by atoms with van der Waals surface area (Å²) in [5.41, 5.74) is 6.37. The number of nitrogens with two attached hydrogens (primary N) is 1. The van der Waals surface area contributed by atoms with Gasteiger partial charge in [-0.3, -0.25) is 0 Å². The number of sulfonamides is 1. The van der Waals surface area contributed by atoms with Crippen LogP contribution in [0.4, 0.5) is 0 Å². The van der Waals surface area contributed by atoms with Crippen LogP contribution in [0.1, 0.15) is 18.9 Å². The molecule has 0 aliphatic carbocycles. The first kappa shape index (κ1) is 12.5. The van der Waals surface area contributed by atoms with Crippen LogP contribution in [0.15, 0.2) is 29.2 Å². The van der Waals surface area contributed by atoms with Gasteiger partial charge in [-0.25, -0.2) is 8.42 Å². The fourth-order valence-corrected chi connectivity index (χ4v) is 3.74. The van der Waals surface area contributed by atoms with E-state index in [1.807, 2.05) is 6.07 Å². The minimum absolute atomic E-state index is 0.356. The van der Waals surface area contributed by atoms with Gasteiger partial charge < -0.3 is 5.73 Å². The van der Waals surface area contributed by atoms with E-state index < -0.39 is 10.0 Å². The Labute approximate surface area is 102 Å². The average molecular weight is 254 g/mol. The SMILES string of the molecule is CC1CCN(S(=O)(=O)c2cccc(CN)c2)C1. The zero-order valence-electron chi connectivity index (χ0n) is 9.96. The number of hydrogen-bond acceptors (Lipinski definition) is 3. The van der Waals surface area contributed by atoms with Crippen LogP contribution in [0.3, 0.4) is 0 Å². The maximum absolute atomic E-state index is 12.3. The standard InChI is InChI=1S/C12H18N2O2S/c1-10-5-6-14(9-10)17(15,16)12-4-2-3-11(7-12)8-13/h2-4,7,10H,5-6,8-9,13H2,1H3. The Bertz CT molecular complexity index is 499. The summed E-state index contributed by atoms with van der Waals surface area (Å²) in [4.78, 5) is 0.356. The van der Waals surface area contributed by atoms with Gasteiger partial charge in [0.25, 0.3) is 0 Å². The number of rotatable bonds is 3. The van der Waals surface area contributed by atoms with Crippen LogP contribution < -0.4 is 5.73 Å². The zero-order valence-corrected chi connectivity index (χ0v) is 10.8. The highest BCUT2D eigenvalue weighted by atomic mass is 32.2. The summed E-state index contributed by atoms with van der Waals surface area (Å²) in [6, 6.07) is 6.88. The van der Waals surface area contributed by atoms with E-state index in [0.29, 0.717) is 30.4 Å². The van der Waals surface area contributed by atoms with Gasteiger partial charge in [-0.15, -0.1) is 0 Å². The molecule has 4 nitrogen and oxygen atoms in total. The van der Waals surface area contributed by atoms with Gasteiger partial charge in [-0.2, -0.15) is 4.31 Å². The molecule has 0 amide bonds. The summed E-state index contributed by atoms with van der Waals surface area (Å²) in [5, 5.41) is 0. The minimum Gasteiger partial charge on any atom is -0.326 e. The normalized spacial score (nSPS) is 21.9. The highest BCUT2D eigenvalue weighted by Gasteiger charge is 2.30. The lowest BCUT2D eigenvalue weighted by molar-refractivity contribution is 0.464. The fraction of sp³-hybridized carbons (Fsp3) is 0.500. The summed E-state index contributed by atoms with van der Waals surface area (Å²) in [7, 11) is -3.33. The van der Waals surface area contributed by atoms with Crippen molar-refractivity contribution in [2.24, 2.45) is 11.7 Å². The maximum atomic E-state index is 12.3. The quantitative estimate of drug-likeness (QED) is 0.881. The molecule has 1 fully saturated rings. The molecule has 1 heterocycles. The minimum atomic E-state index is -3.33. The number of benzene rings is 1. The molecule has 94 valence electrons. The van der Waals surface area contributed by atoms with Crippen LogP contribution in [0.5, 0.6) is 0 Å². The molecule has 0 saturated carbocycles. The molecule has 0 aromatic heterocycles. The van der Waals surface area contributed by atoms with Crippen LogP contribution in [0, 0.1) is 5.92 Å². The molecule has 0 radical (unpaired) electrons. The Morgan fingerprint density at radius 3 is 2.82 bits per heavy atom. The molecule has 17 heavy (non-hydrogen) atoms. The fourth-order valence-electron chi connectivity index (χ4n) is 2.09. The summed E-state index contributed by atoms with van der Waals surface area (Å²) < 4.78 is 26.2. The van der Waals surface area contributed by atoms with Gasteiger partial charge in [0.05, 0.1) is 4.90 Å². The second-order valence-corrected chi connectivity index (χ2v) is 6.55. The van der Waals surface area contributed by atoms with Crippen LogP contribution in [-0.4, -0.2) is 25.8 Å². The molecule has 2 N–H and O–H groups in total. The molecule has 2 rings (SSSR count). The molecular weight excluding hydrogens is 236 g/mol. The predicted molar refractivity (Wildman–Crippen MR) is 66.9 cm³/mol. The smallest absolute Gasteiger partial charge is 0.243 e. The molecule has 1 atom stereocenters. The Kier molecular flexibility index (Phi) is 3.51. The van der Waals surface area contributed by atoms with Gasteiger partial charge in [0, 0.05) is 19.6 Å². The molecule has 0 bridgehead atoms. The van der Waals surface area contributed by atoms with Crippen molar-refractivity contribution in [2.75, 3.05) is 13.1 Å². The van der Waals surface area contributed by atoms with E-state index in [2.05, 4.69) is 6.92 Å². The first-order chi connectivity index (χ1) is 8.04. The summed E-state index contributed by atoms with van der Waals surface area (Å²) in [5.74, 6) is 0.447. The molecule has 1 aliphatic heterocycles. The predicted octanol–water partition coefficient (Wildman–Crippen LogP) is 1.18. The first-order valence-corrected chi connectivity index (χ1v) is 7.27. The van der Waals surface area contributed by atoms with Crippen LogP contribution in [0.2, 0.25) is 0 Å². The van der Waals surface area contributed by atoms with E-state index in [0.717, 1.165) is 12.0 Å². The number of nitrogens with zero attached hydrogens (tertiary/aromatic N) is 1. The molecule has 0 spiro atoms. The summed E-state index contributed by atoms with van der Waals surface area (Å²) in [6.07, 6.45) is 0.940. The maximum Gasteiger partial charge on any atom is 0.243 e. The highest BCUT2D eigenvalue weighted by Crippen LogP contribution is 2.24. The van der Waals surface area contributed by atoms with Crippen molar-refractivity contribution in [1.82, 2.24) is 4.31 Å². The second kappa shape index (κ2) is 4.76. The van der Waals surface area contributed by atoms with E-state index in [-0.39, 0.29) is 0 Å². The van der Waals surface area contributed by atoms with Gasteiger partial charge in [0.15, 0.2) is 0 Å². The molecule has 5 heteroatoms. The van der Waals surface area contributed by atoms with E-state index in [9.17, 15) is 8.42 Å². The van der Waals surface area contributed by atoms with Crippen molar-refractivity contribution in [3.63, 3.8) is 0 Å². The summed E-state index contributed by atoms with van der Waals surface area (Å²) >= 11 is 0. The average Bonchev–Trinajstić information content (AvgIpc) is 2.76. The van der Waals surface area contributed by atoms with Crippen LogP contribution in [0.25, 0.3) is 0 Å². The van der Waals surface area contributed by atoms with E-state index in [1.165, 1.54) is 0 Å². The lowest BCUT2D eigenvalue weighted by Gasteiger charge is -2.16. The zero-order chi connectivity index (χ0) is 12.5. The van der Waals surface area contributed by atoms with Crippen molar-refractivity contribution >= 4 is 10.0 Å². The van der Waals surface area contributed by atoms with Gasteiger partial charge >= 0.3 is 0 Å². The topological polar surface area (TPSA) is 63.4 Å². The Balaban J connectivity index is 2.31. The Morgan fingerprint density at radius 2 is 2.24 bits per heavy atom. The van der Waals surface area contributed by atoms with E-state index in [1.54, 1.807) is 22.5 Å². The largest absolute Gasteiger partial charge is 0.326 e. The monoisotopic (exact) mass is 254 g/mol. The van der Waals surface area contributed by atoms with Gasteiger partial charge in [0.2, 0.25) is 10.0 Å². The van der Waals surface area contributed by atoms with E-state index >= 15 is 0 Å². The van der Waals surface area contributed by atoms with Crippen molar-refractivity contribution in [1.29, 1.82) is 0 Å². The van der Waals surface area contributed by atoms with Gasteiger partial charge in [0.1, 0.15) is 0 Å². The van der Waals surface area contributed by atoms with E-state index in [4.69, 9.17) is 5.73 Å². The van der Waals surface area contributed by atoms with Gasteiger partial charge in [-0.1, -0.05) is 19.1 Å². The number of hydrogen-bond donors (Lipinski definition) is 1. The lowest BCUT2D eigenvalue weighted by Crippen LogP contribution is -2.28. The molecule has 1 saturated heterocycles. The van der Waals surface area contributed by atoms with Crippen LogP contribution in [-0.2, 0) is 16.6 Å². The third-order valence-electron chi connectivity index (χ3n) is 3.16. The second-order valence-electron chi connectivity index (χ2n) is 4.61. The molecule has 1 aromatic rings. The van der Waals surface area contributed by atoms with Crippen molar-refractivity contribution < 1.29 is 8.42 Å². The molecular formula is C12H18N2O2S. The van der Waals surface area contributed by atoms with Crippen molar-refractivity contribution in [3.05, 3.63) is 29.8 Å². The third kappa shape index (κ3) is 2.51. The molecule has 1 unspecified atom stereocenters. The van der Waals surface area contributed by atoms with Crippen LogP contribution >= 0.6 is 0 Å². The Hall–Kier alpha value is -0.910. The molecule has 1 aliphatic rings.